The molecule has 0 radical (unpaired) electrons. The topological polar surface area (TPSA) is 21.3 Å². The van der Waals surface area contributed by atoms with E-state index in [4.69, 9.17) is 4.74 Å². The highest BCUT2D eigenvalue weighted by Crippen LogP contribution is 2.11. The molecule has 0 saturated carbocycles. The van der Waals surface area contributed by atoms with E-state index in [2.05, 4.69) is 26.1 Å². The van der Waals surface area contributed by atoms with Gasteiger partial charge in [-0.3, -0.25) is 0 Å². The highest BCUT2D eigenvalue weighted by Gasteiger charge is 2.05. The normalized spacial score (nSPS) is 15.4. The molecule has 0 spiro atoms. The molecule has 14 heavy (non-hydrogen) atoms. The first-order valence-corrected chi connectivity index (χ1v) is 5.93. The molecule has 2 nitrogen and oxygen atoms in total. The van der Waals surface area contributed by atoms with Crippen LogP contribution in [0, 0.1) is 5.92 Å². The summed E-state index contributed by atoms with van der Waals surface area (Å²) < 4.78 is 5.07. The van der Waals surface area contributed by atoms with Crippen LogP contribution in [0.1, 0.15) is 46.5 Å². The van der Waals surface area contributed by atoms with Gasteiger partial charge in [0.2, 0.25) is 0 Å². The van der Waals surface area contributed by atoms with Crippen molar-refractivity contribution in [3.8, 4) is 0 Å². The largest absolute Gasteiger partial charge is 0.385 e. The van der Waals surface area contributed by atoms with Crippen molar-refractivity contribution in [2.75, 3.05) is 20.3 Å². The number of methoxy groups -OCH3 is 1. The molecular formula is C12H27NO. The lowest BCUT2D eigenvalue weighted by atomic mass is 9.99. The fourth-order valence-electron chi connectivity index (χ4n) is 1.49. The maximum absolute atomic E-state index is 5.07. The third-order valence-electron chi connectivity index (χ3n) is 2.65. The van der Waals surface area contributed by atoms with Crippen LogP contribution in [0.3, 0.4) is 0 Å². The zero-order valence-electron chi connectivity index (χ0n) is 10.3. The first-order chi connectivity index (χ1) is 6.70. The fraction of sp³-hybridized carbons (Fsp3) is 1.00. The number of hydrogen-bond donors (Lipinski definition) is 1. The van der Waals surface area contributed by atoms with Crippen LogP contribution in [0.25, 0.3) is 0 Å². The molecule has 0 aliphatic carbocycles. The molecule has 0 amide bonds. The smallest absolute Gasteiger partial charge is 0.0464 e. The quantitative estimate of drug-likeness (QED) is 0.619. The third-order valence-corrected chi connectivity index (χ3v) is 2.65. The summed E-state index contributed by atoms with van der Waals surface area (Å²) in [5.74, 6) is 0.792. The Balaban J connectivity index is 3.31. The van der Waals surface area contributed by atoms with Crippen molar-refractivity contribution in [3.05, 3.63) is 0 Å². The Bertz CT molecular complexity index is 103. The summed E-state index contributed by atoms with van der Waals surface area (Å²) in [5, 5.41) is 3.51. The molecule has 0 aliphatic rings. The highest BCUT2D eigenvalue weighted by molar-refractivity contribution is 4.63. The van der Waals surface area contributed by atoms with Gasteiger partial charge in [0.05, 0.1) is 0 Å². The standard InChI is InChI=1S/C12H27NO/c1-5-9-13-12(3)7-6-11(2)8-10-14-4/h11-13H,5-10H2,1-4H3. The summed E-state index contributed by atoms with van der Waals surface area (Å²) in [7, 11) is 1.78. The van der Waals surface area contributed by atoms with Crippen LogP contribution >= 0.6 is 0 Å². The Morgan fingerprint density at radius 1 is 1.14 bits per heavy atom. The van der Waals surface area contributed by atoms with Gasteiger partial charge in [-0.15, -0.1) is 0 Å². The molecule has 86 valence electrons. The van der Waals surface area contributed by atoms with Gasteiger partial charge in [-0.1, -0.05) is 13.8 Å². The Hall–Kier alpha value is -0.0800. The van der Waals surface area contributed by atoms with Crippen molar-refractivity contribution in [1.82, 2.24) is 5.32 Å². The van der Waals surface area contributed by atoms with Gasteiger partial charge < -0.3 is 10.1 Å². The maximum Gasteiger partial charge on any atom is 0.0464 e. The number of rotatable bonds is 9. The summed E-state index contributed by atoms with van der Waals surface area (Å²) in [6.07, 6.45) is 5.01. The predicted octanol–water partition coefficient (Wildman–Crippen LogP) is 2.83. The third kappa shape index (κ3) is 8.52. The second kappa shape index (κ2) is 9.47. The number of hydrogen-bond acceptors (Lipinski definition) is 2. The lowest BCUT2D eigenvalue weighted by Gasteiger charge is -2.16. The Labute approximate surface area is 89.4 Å². The molecule has 0 saturated heterocycles. The zero-order chi connectivity index (χ0) is 10.8. The van der Waals surface area contributed by atoms with Crippen LogP contribution in [-0.4, -0.2) is 26.3 Å². The van der Waals surface area contributed by atoms with E-state index in [0.717, 1.165) is 19.1 Å². The SMILES string of the molecule is CCCNC(C)CCC(C)CCOC. The summed E-state index contributed by atoms with van der Waals surface area (Å²) in [5.41, 5.74) is 0. The van der Waals surface area contributed by atoms with Crippen LogP contribution in [0.4, 0.5) is 0 Å². The van der Waals surface area contributed by atoms with E-state index in [9.17, 15) is 0 Å². The van der Waals surface area contributed by atoms with Gasteiger partial charge in [0.25, 0.3) is 0 Å². The van der Waals surface area contributed by atoms with E-state index in [0.29, 0.717) is 6.04 Å². The van der Waals surface area contributed by atoms with Crippen molar-refractivity contribution < 1.29 is 4.74 Å². The van der Waals surface area contributed by atoms with E-state index in [1.807, 2.05) is 0 Å². The molecule has 0 aliphatic heterocycles. The lowest BCUT2D eigenvalue weighted by Crippen LogP contribution is -2.27. The van der Waals surface area contributed by atoms with E-state index in [1.165, 1.54) is 25.7 Å². The monoisotopic (exact) mass is 201 g/mol. The minimum absolute atomic E-state index is 0.667. The summed E-state index contributed by atoms with van der Waals surface area (Å²) in [6.45, 7) is 8.84. The van der Waals surface area contributed by atoms with Crippen LogP contribution in [-0.2, 0) is 4.74 Å². The zero-order valence-corrected chi connectivity index (χ0v) is 10.3. The summed E-state index contributed by atoms with van der Waals surface area (Å²) in [6, 6.07) is 0.667. The average molecular weight is 201 g/mol. The minimum Gasteiger partial charge on any atom is -0.385 e. The maximum atomic E-state index is 5.07. The predicted molar refractivity (Wildman–Crippen MR) is 62.6 cm³/mol. The first-order valence-electron chi connectivity index (χ1n) is 5.93. The fourth-order valence-corrected chi connectivity index (χ4v) is 1.49. The molecule has 0 bridgehead atoms. The number of ether oxygens (including phenoxy) is 1. The lowest BCUT2D eigenvalue weighted by molar-refractivity contribution is 0.177. The van der Waals surface area contributed by atoms with Gasteiger partial charge in [-0.25, -0.2) is 0 Å². The van der Waals surface area contributed by atoms with Crippen LogP contribution in [0.15, 0.2) is 0 Å². The Kier molecular flexibility index (Phi) is 9.42. The Morgan fingerprint density at radius 3 is 2.43 bits per heavy atom. The molecule has 0 aromatic rings. The van der Waals surface area contributed by atoms with Gasteiger partial charge in [0.1, 0.15) is 0 Å². The second-order valence-electron chi connectivity index (χ2n) is 4.32. The van der Waals surface area contributed by atoms with E-state index in [1.54, 1.807) is 7.11 Å². The van der Waals surface area contributed by atoms with Gasteiger partial charge in [0, 0.05) is 19.8 Å². The second-order valence-corrected chi connectivity index (χ2v) is 4.32. The van der Waals surface area contributed by atoms with Crippen LogP contribution < -0.4 is 5.32 Å². The molecular weight excluding hydrogens is 174 g/mol. The highest BCUT2D eigenvalue weighted by atomic mass is 16.5. The van der Waals surface area contributed by atoms with Crippen molar-refractivity contribution in [1.29, 1.82) is 0 Å². The molecule has 0 rings (SSSR count). The molecule has 0 aromatic carbocycles. The van der Waals surface area contributed by atoms with E-state index >= 15 is 0 Å². The molecule has 0 aromatic heterocycles. The molecule has 0 heterocycles. The van der Waals surface area contributed by atoms with E-state index in [-0.39, 0.29) is 0 Å². The molecule has 2 atom stereocenters. The van der Waals surface area contributed by atoms with Gasteiger partial charge >= 0.3 is 0 Å². The van der Waals surface area contributed by atoms with Crippen molar-refractivity contribution in [3.63, 3.8) is 0 Å². The average Bonchev–Trinajstić information content (AvgIpc) is 2.20. The Morgan fingerprint density at radius 2 is 1.86 bits per heavy atom. The van der Waals surface area contributed by atoms with Crippen molar-refractivity contribution >= 4 is 0 Å². The first kappa shape index (κ1) is 13.9. The van der Waals surface area contributed by atoms with Crippen molar-refractivity contribution in [2.24, 2.45) is 5.92 Å². The molecule has 1 N–H and O–H groups in total. The van der Waals surface area contributed by atoms with Crippen LogP contribution in [0.5, 0.6) is 0 Å². The summed E-state index contributed by atoms with van der Waals surface area (Å²) in [4.78, 5) is 0. The van der Waals surface area contributed by atoms with Gasteiger partial charge in [-0.2, -0.15) is 0 Å². The van der Waals surface area contributed by atoms with Gasteiger partial charge in [-0.05, 0) is 45.1 Å². The molecule has 0 fully saturated rings. The van der Waals surface area contributed by atoms with E-state index < -0.39 is 0 Å². The molecule has 2 unspecified atom stereocenters. The van der Waals surface area contributed by atoms with Crippen molar-refractivity contribution in [2.45, 2.75) is 52.5 Å². The molecule has 2 heteroatoms. The summed E-state index contributed by atoms with van der Waals surface area (Å²) >= 11 is 0. The number of nitrogens with one attached hydrogen (secondary N) is 1. The minimum atomic E-state index is 0.667. The van der Waals surface area contributed by atoms with Gasteiger partial charge in [0.15, 0.2) is 0 Å². The van der Waals surface area contributed by atoms with Crippen LogP contribution in [0.2, 0.25) is 0 Å².